The molecule has 1 unspecified atom stereocenters. The highest BCUT2D eigenvalue weighted by molar-refractivity contribution is 5.75. The maximum absolute atomic E-state index is 13.0. The minimum Gasteiger partial charge on any atom is -0.477 e. The zero-order valence-corrected chi connectivity index (χ0v) is 13.4. The van der Waals surface area contributed by atoms with E-state index >= 15 is 0 Å². The molecule has 0 bridgehead atoms. The molecule has 1 heterocycles. The summed E-state index contributed by atoms with van der Waals surface area (Å²) < 4.78 is 31.3. The van der Waals surface area contributed by atoms with Crippen LogP contribution in [0.4, 0.5) is 13.6 Å². The summed E-state index contributed by atoms with van der Waals surface area (Å²) in [5.41, 5.74) is -0.562. The van der Waals surface area contributed by atoms with E-state index < -0.39 is 23.9 Å². The Balaban J connectivity index is 2.41. The molecule has 7 heteroatoms. The first kappa shape index (κ1) is 18.6. The summed E-state index contributed by atoms with van der Waals surface area (Å²) in [4.78, 5) is 24.0. The predicted molar refractivity (Wildman–Crippen MR) is 77.0 cm³/mol. The lowest BCUT2D eigenvalue weighted by atomic mass is 9.92. The van der Waals surface area contributed by atoms with Crippen molar-refractivity contribution in [3.8, 4) is 0 Å². The van der Waals surface area contributed by atoms with Crippen LogP contribution in [-0.2, 0) is 9.53 Å². The second kappa shape index (κ2) is 7.24. The second-order valence-electron chi connectivity index (χ2n) is 6.84. The third kappa shape index (κ3) is 6.15. The zero-order valence-electron chi connectivity index (χ0n) is 13.4. The number of hydrogen-bond acceptors (Lipinski definition) is 3. The Bertz CT molecular complexity index is 407. The number of nitrogens with zero attached hydrogens (tertiary/aromatic N) is 1. The number of piperidine rings is 1. The van der Waals surface area contributed by atoms with E-state index in [0.717, 1.165) is 12.8 Å². The fourth-order valence-corrected chi connectivity index (χ4v) is 2.51. The fraction of sp³-hybridized carbons (Fsp3) is 0.867. The van der Waals surface area contributed by atoms with E-state index in [1.807, 2.05) is 0 Å². The van der Waals surface area contributed by atoms with Crippen molar-refractivity contribution in [2.75, 3.05) is 13.1 Å². The number of hydrogen-bond donors (Lipinski definition) is 1. The minimum atomic E-state index is -3.67. The summed E-state index contributed by atoms with van der Waals surface area (Å²) in [6.45, 7) is 6.46. The summed E-state index contributed by atoms with van der Waals surface area (Å²) in [5.74, 6) is -5.63. The molecule has 0 aromatic rings. The van der Waals surface area contributed by atoms with Gasteiger partial charge in [-0.15, -0.1) is 0 Å². The Kier molecular flexibility index (Phi) is 6.14. The van der Waals surface area contributed by atoms with Crippen molar-refractivity contribution in [1.82, 2.24) is 4.90 Å². The van der Waals surface area contributed by atoms with Crippen molar-refractivity contribution < 1.29 is 28.2 Å². The Morgan fingerprint density at radius 2 is 1.95 bits per heavy atom. The first-order valence-corrected chi connectivity index (χ1v) is 7.60. The molecule has 1 atom stereocenters. The molecule has 0 aliphatic carbocycles. The molecule has 0 spiro atoms. The lowest BCUT2D eigenvalue weighted by Crippen LogP contribution is -2.43. The third-order valence-corrected chi connectivity index (χ3v) is 3.59. The summed E-state index contributed by atoms with van der Waals surface area (Å²) in [7, 11) is 0. The van der Waals surface area contributed by atoms with Crippen molar-refractivity contribution in [3.05, 3.63) is 0 Å². The van der Waals surface area contributed by atoms with Gasteiger partial charge in [-0.3, -0.25) is 0 Å². The van der Waals surface area contributed by atoms with Crippen LogP contribution in [0, 0.1) is 5.92 Å². The average molecular weight is 321 g/mol. The highest BCUT2D eigenvalue weighted by atomic mass is 19.3. The van der Waals surface area contributed by atoms with Gasteiger partial charge in [0, 0.05) is 19.5 Å². The van der Waals surface area contributed by atoms with Gasteiger partial charge in [-0.25, -0.2) is 9.59 Å². The second-order valence-corrected chi connectivity index (χ2v) is 6.84. The van der Waals surface area contributed by atoms with Crippen LogP contribution < -0.4 is 0 Å². The topological polar surface area (TPSA) is 66.8 Å². The van der Waals surface area contributed by atoms with E-state index in [0.29, 0.717) is 19.5 Å². The molecule has 1 amide bonds. The van der Waals surface area contributed by atoms with Crippen LogP contribution in [0.3, 0.4) is 0 Å². The van der Waals surface area contributed by atoms with E-state index in [1.165, 1.54) is 0 Å². The van der Waals surface area contributed by atoms with Crippen LogP contribution in [0.1, 0.15) is 52.9 Å². The number of amides is 1. The fourth-order valence-electron chi connectivity index (χ4n) is 2.51. The monoisotopic (exact) mass is 321 g/mol. The number of alkyl halides is 2. The molecule has 1 saturated heterocycles. The summed E-state index contributed by atoms with van der Waals surface area (Å²) in [5, 5.41) is 8.38. The zero-order chi connectivity index (χ0) is 17.0. The highest BCUT2D eigenvalue weighted by Crippen LogP contribution is 2.27. The van der Waals surface area contributed by atoms with Crippen LogP contribution in [0.2, 0.25) is 0 Å². The van der Waals surface area contributed by atoms with Gasteiger partial charge in [-0.1, -0.05) is 0 Å². The van der Waals surface area contributed by atoms with Crippen LogP contribution in [0.15, 0.2) is 0 Å². The van der Waals surface area contributed by atoms with E-state index in [-0.39, 0.29) is 18.4 Å². The van der Waals surface area contributed by atoms with E-state index in [4.69, 9.17) is 9.84 Å². The van der Waals surface area contributed by atoms with Crippen molar-refractivity contribution in [2.24, 2.45) is 5.92 Å². The van der Waals surface area contributed by atoms with Crippen molar-refractivity contribution in [3.63, 3.8) is 0 Å². The van der Waals surface area contributed by atoms with E-state index in [2.05, 4.69) is 0 Å². The molecule has 5 nitrogen and oxygen atoms in total. The molecule has 128 valence electrons. The number of carbonyl (C=O) groups is 2. The van der Waals surface area contributed by atoms with Crippen LogP contribution in [0.5, 0.6) is 0 Å². The predicted octanol–water partition coefficient (Wildman–Crippen LogP) is 3.52. The largest absolute Gasteiger partial charge is 0.477 e. The normalized spacial score (nSPS) is 19.9. The molecule has 0 saturated carbocycles. The molecule has 0 aromatic heterocycles. The quantitative estimate of drug-likeness (QED) is 0.841. The number of ether oxygens (including phenoxy) is 1. The first-order valence-electron chi connectivity index (χ1n) is 7.60. The average Bonchev–Trinajstić information content (AvgIpc) is 2.36. The molecule has 1 aliphatic rings. The Labute approximate surface area is 129 Å². The van der Waals surface area contributed by atoms with Gasteiger partial charge in [0.1, 0.15) is 5.60 Å². The SMILES string of the molecule is CC(C)(C)OC(=O)N1CCCC(CCCC(F)(F)C(=O)O)C1. The first-order chi connectivity index (χ1) is 10.0. The van der Waals surface area contributed by atoms with Crippen molar-refractivity contribution >= 4 is 12.1 Å². The van der Waals surface area contributed by atoms with Gasteiger partial charge in [0.2, 0.25) is 0 Å². The lowest BCUT2D eigenvalue weighted by molar-refractivity contribution is -0.165. The summed E-state index contributed by atoms with van der Waals surface area (Å²) in [6.07, 6.45) is 1.24. The van der Waals surface area contributed by atoms with E-state index in [9.17, 15) is 18.4 Å². The van der Waals surface area contributed by atoms with Gasteiger partial charge >= 0.3 is 18.0 Å². The van der Waals surface area contributed by atoms with Gasteiger partial charge in [0.05, 0.1) is 0 Å². The van der Waals surface area contributed by atoms with Gasteiger partial charge in [0.25, 0.3) is 0 Å². The van der Waals surface area contributed by atoms with E-state index in [1.54, 1.807) is 25.7 Å². The van der Waals surface area contributed by atoms with Gasteiger partial charge in [-0.05, 0) is 52.4 Å². The molecule has 0 aromatic carbocycles. The van der Waals surface area contributed by atoms with Crippen molar-refractivity contribution in [1.29, 1.82) is 0 Å². The van der Waals surface area contributed by atoms with Gasteiger partial charge in [-0.2, -0.15) is 8.78 Å². The number of rotatable bonds is 5. The molecule has 0 radical (unpaired) electrons. The molecule has 22 heavy (non-hydrogen) atoms. The Morgan fingerprint density at radius 1 is 1.32 bits per heavy atom. The third-order valence-electron chi connectivity index (χ3n) is 3.59. The Morgan fingerprint density at radius 3 is 2.50 bits per heavy atom. The Hall–Kier alpha value is -1.40. The number of carboxylic acids is 1. The molecule has 1 rings (SSSR count). The number of aliphatic carboxylic acids is 1. The highest BCUT2D eigenvalue weighted by Gasteiger charge is 2.38. The number of carbonyl (C=O) groups excluding carboxylic acids is 1. The summed E-state index contributed by atoms with van der Waals surface area (Å²) in [6, 6.07) is 0. The standard InChI is InChI=1S/C15H25F2NO4/c1-14(2,3)22-13(21)18-9-5-7-11(10-18)6-4-8-15(16,17)12(19)20/h11H,4-10H2,1-3H3,(H,19,20). The molecular weight excluding hydrogens is 296 g/mol. The minimum absolute atomic E-state index is 0.117. The maximum atomic E-state index is 13.0. The van der Waals surface area contributed by atoms with Gasteiger partial charge in [0.15, 0.2) is 0 Å². The van der Waals surface area contributed by atoms with Crippen LogP contribution in [-0.4, -0.2) is 46.7 Å². The van der Waals surface area contributed by atoms with Crippen molar-refractivity contribution in [2.45, 2.75) is 64.4 Å². The molecular formula is C15H25F2NO4. The summed E-state index contributed by atoms with van der Waals surface area (Å²) >= 11 is 0. The van der Waals surface area contributed by atoms with Gasteiger partial charge < -0.3 is 14.7 Å². The smallest absolute Gasteiger partial charge is 0.410 e. The van der Waals surface area contributed by atoms with Crippen LogP contribution >= 0.6 is 0 Å². The van der Waals surface area contributed by atoms with Crippen LogP contribution in [0.25, 0.3) is 0 Å². The maximum Gasteiger partial charge on any atom is 0.410 e. The number of carboxylic acid groups (broad SMARTS) is 1. The number of likely N-dealkylation sites (tertiary alicyclic amines) is 1. The number of halogens is 2. The lowest BCUT2D eigenvalue weighted by Gasteiger charge is -2.34. The molecule has 1 aliphatic heterocycles. The molecule has 1 fully saturated rings. The molecule has 1 N–H and O–H groups in total.